The molecule has 0 atom stereocenters. The van der Waals surface area contributed by atoms with Crippen molar-refractivity contribution in [1.29, 1.82) is 0 Å². The largest absolute Gasteiger partial charge is 0.389 e. The molecule has 0 aliphatic rings. The van der Waals surface area contributed by atoms with Gasteiger partial charge in [0, 0.05) is 12.6 Å². The number of sulfonamides is 1. The van der Waals surface area contributed by atoms with E-state index in [1.165, 1.54) is 18.2 Å². The molecular weight excluding hydrogens is 270 g/mol. The number of halogens is 2. The smallest absolute Gasteiger partial charge is 0.355 e. The number of nitrogens with two attached hydrogens (primary N) is 1. The maximum absolute atomic E-state index is 12.4. The second kappa shape index (κ2) is 4.92. The predicted octanol–water partition coefficient (Wildman–Crippen LogP) is 1.31. The van der Waals surface area contributed by atoms with Gasteiger partial charge in [0.2, 0.25) is 0 Å². The molecule has 4 nitrogen and oxygen atoms in total. The van der Waals surface area contributed by atoms with Gasteiger partial charge < -0.3 is 5.73 Å². The summed E-state index contributed by atoms with van der Waals surface area (Å²) in [6.45, 7) is 0. The molecule has 0 fully saturated rings. The number of hydrogen-bond donors (Lipinski definition) is 1. The molecule has 17 heavy (non-hydrogen) atoms. The Bertz CT molecular complexity index is 532. The first kappa shape index (κ1) is 13.8. The summed E-state index contributed by atoms with van der Waals surface area (Å²) in [6.07, 6.45) is 0. The minimum Gasteiger partial charge on any atom is -0.389 e. The Labute approximate surface area is 103 Å². The third-order valence-electron chi connectivity index (χ3n) is 2.12. The summed E-state index contributed by atoms with van der Waals surface area (Å²) < 4.78 is 47.8. The molecule has 0 saturated carbocycles. The Morgan fingerprint density at radius 2 is 1.94 bits per heavy atom. The van der Waals surface area contributed by atoms with Gasteiger partial charge in [0.1, 0.15) is 4.99 Å². The predicted molar refractivity (Wildman–Crippen MR) is 65.7 cm³/mol. The number of nitrogens with zero attached hydrogens (tertiary/aromatic N) is 1. The van der Waals surface area contributed by atoms with Gasteiger partial charge in [0.15, 0.2) is 0 Å². The lowest BCUT2D eigenvalue weighted by Gasteiger charge is -2.21. The molecule has 8 heteroatoms. The lowest BCUT2D eigenvalue weighted by Crippen LogP contribution is -2.33. The van der Waals surface area contributed by atoms with Crippen molar-refractivity contribution in [2.45, 2.75) is 5.76 Å². The summed E-state index contributed by atoms with van der Waals surface area (Å²) in [5, 5.41) is 0. The van der Waals surface area contributed by atoms with Crippen LogP contribution in [0.15, 0.2) is 24.3 Å². The van der Waals surface area contributed by atoms with Gasteiger partial charge in [-0.2, -0.15) is 8.78 Å². The Kier molecular flexibility index (Phi) is 3.99. The molecule has 0 bridgehead atoms. The minimum atomic E-state index is -4.70. The molecule has 0 saturated heterocycles. The van der Waals surface area contributed by atoms with E-state index < -0.39 is 15.8 Å². The number of rotatable bonds is 4. The van der Waals surface area contributed by atoms with Crippen molar-refractivity contribution < 1.29 is 17.2 Å². The molecular formula is C9H10F2N2O2S2. The summed E-state index contributed by atoms with van der Waals surface area (Å²) >= 11 is 4.73. The summed E-state index contributed by atoms with van der Waals surface area (Å²) in [5.41, 5.74) is 5.65. The molecule has 94 valence electrons. The average Bonchev–Trinajstić information content (AvgIpc) is 2.27. The first-order valence-corrected chi connectivity index (χ1v) is 6.34. The van der Waals surface area contributed by atoms with Crippen molar-refractivity contribution in [1.82, 2.24) is 0 Å². The van der Waals surface area contributed by atoms with Gasteiger partial charge in [-0.15, -0.1) is 0 Å². The van der Waals surface area contributed by atoms with Gasteiger partial charge in [0.05, 0.1) is 5.69 Å². The lowest BCUT2D eigenvalue weighted by atomic mass is 10.2. The van der Waals surface area contributed by atoms with Crippen LogP contribution in [-0.4, -0.2) is 26.2 Å². The lowest BCUT2D eigenvalue weighted by molar-refractivity contribution is 0.234. The van der Waals surface area contributed by atoms with Crippen LogP contribution >= 0.6 is 12.2 Å². The van der Waals surface area contributed by atoms with Crippen LogP contribution in [0.5, 0.6) is 0 Å². The van der Waals surface area contributed by atoms with Gasteiger partial charge in [-0.05, 0) is 12.1 Å². The van der Waals surface area contributed by atoms with Crippen molar-refractivity contribution in [2.24, 2.45) is 5.73 Å². The summed E-state index contributed by atoms with van der Waals surface area (Å²) in [6, 6.07) is 5.92. The van der Waals surface area contributed by atoms with Crippen molar-refractivity contribution in [3.05, 3.63) is 29.8 Å². The molecule has 1 aromatic carbocycles. The topological polar surface area (TPSA) is 63.4 Å². The zero-order valence-electron chi connectivity index (χ0n) is 8.80. The summed E-state index contributed by atoms with van der Waals surface area (Å²) in [4.78, 5) is -0.0584. The molecule has 0 aromatic heterocycles. The standard InChI is InChI=1S/C9H10F2N2O2S2/c1-13(17(14,15)9(10)11)7-5-3-2-4-6(7)8(12)16/h2-5,9H,1H3,(H2,12,16). The fourth-order valence-electron chi connectivity index (χ4n) is 1.21. The third-order valence-corrected chi connectivity index (χ3v) is 3.75. The van der Waals surface area contributed by atoms with Crippen LogP contribution < -0.4 is 10.0 Å². The number of hydrogen-bond acceptors (Lipinski definition) is 3. The Morgan fingerprint density at radius 1 is 1.41 bits per heavy atom. The van der Waals surface area contributed by atoms with Gasteiger partial charge in [0.25, 0.3) is 10.0 Å². The van der Waals surface area contributed by atoms with E-state index in [2.05, 4.69) is 0 Å². The van der Waals surface area contributed by atoms with Crippen LogP contribution in [0.3, 0.4) is 0 Å². The Balaban J connectivity index is 3.31. The Morgan fingerprint density at radius 3 is 2.41 bits per heavy atom. The molecule has 0 unspecified atom stereocenters. The van der Waals surface area contributed by atoms with Crippen molar-refractivity contribution in [3.8, 4) is 0 Å². The molecule has 0 amide bonds. The molecule has 0 aliphatic heterocycles. The SMILES string of the molecule is CN(c1ccccc1C(N)=S)S(=O)(=O)C(F)F. The number of benzene rings is 1. The van der Waals surface area contributed by atoms with Gasteiger partial charge in [-0.3, -0.25) is 4.31 Å². The molecule has 0 aliphatic carbocycles. The van der Waals surface area contributed by atoms with Crippen LogP contribution in [0.2, 0.25) is 0 Å². The second-order valence-electron chi connectivity index (χ2n) is 3.15. The fourth-order valence-corrected chi connectivity index (χ4v) is 2.06. The number of anilines is 1. The zero-order valence-corrected chi connectivity index (χ0v) is 10.4. The quantitative estimate of drug-likeness (QED) is 0.845. The van der Waals surface area contributed by atoms with Gasteiger partial charge in [-0.1, -0.05) is 24.4 Å². The molecule has 0 radical (unpaired) electrons. The van der Waals surface area contributed by atoms with Crippen molar-refractivity contribution in [3.63, 3.8) is 0 Å². The van der Waals surface area contributed by atoms with Crippen LogP contribution in [-0.2, 0) is 10.0 Å². The van der Waals surface area contributed by atoms with E-state index in [4.69, 9.17) is 18.0 Å². The number of para-hydroxylation sites is 1. The molecule has 2 N–H and O–H groups in total. The van der Waals surface area contributed by atoms with Crippen molar-refractivity contribution >= 4 is 32.9 Å². The van der Waals surface area contributed by atoms with E-state index in [0.717, 1.165) is 7.05 Å². The molecule has 0 heterocycles. The first-order chi connectivity index (χ1) is 7.78. The van der Waals surface area contributed by atoms with E-state index in [-0.39, 0.29) is 16.2 Å². The monoisotopic (exact) mass is 280 g/mol. The van der Waals surface area contributed by atoms with Gasteiger partial charge >= 0.3 is 5.76 Å². The highest BCUT2D eigenvalue weighted by molar-refractivity contribution is 7.93. The zero-order chi connectivity index (χ0) is 13.2. The van der Waals surface area contributed by atoms with E-state index in [9.17, 15) is 17.2 Å². The maximum Gasteiger partial charge on any atom is 0.355 e. The second-order valence-corrected chi connectivity index (χ2v) is 5.53. The van der Waals surface area contributed by atoms with E-state index in [1.807, 2.05) is 0 Å². The van der Waals surface area contributed by atoms with Crippen LogP contribution in [0.4, 0.5) is 14.5 Å². The van der Waals surface area contributed by atoms with Crippen LogP contribution in [0.1, 0.15) is 5.56 Å². The number of thiocarbonyl (C=S) groups is 1. The van der Waals surface area contributed by atoms with Crippen LogP contribution in [0, 0.1) is 0 Å². The minimum absolute atomic E-state index is 0.0281. The van der Waals surface area contributed by atoms with E-state index in [1.54, 1.807) is 6.07 Å². The number of alkyl halides is 2. The summed E-state index contributed by atoms with van der Waals surface area (Å²) in [5.74, 6) is -3.49. The van der Waals surface area contributed by atoms with E-state index in [0.29, 0.717) is 4.31 Å². The highest BCUT2D eigenvalue weighted by atomic mass is 32.2. The van der Waals surface area contributed by atoms with Gasteiger partial charge in [-0.25, -0.2) is 8.42 Å². The molecule has 1 aromatic rings. The van der Waals surface area contributed by atoms with Crippen molar-refractivity contribution in [2.75, 3.05) is 11.4 Å². The normalized spacial score (nSPS) is 11.5. The maximum atomic E-state index is 12.4. The third kappa shape index (κ3) is 2.70. The highest BCUT2D eigenvalue weighted by Crippen LogP contribution is 2.24. The first-order valence-electron chi connectivity index (χ1n) is 4.43. The Hall–Kier alpha value is -1.28. The van der Waals surface area contributed by atoms with Crippen LogP contribution in [0.25, 0.3) is 0 Å². The molecule has 0 spiro atoms. The summed E-state index contributed by atoms with van der Waals surface area (Å²) in [7, 11) is -3.67. The fraction of sp³-hybridized carbons (Fsp3) is 0.222. The van der Waals surface area contributed by atoms with E-state index >= 15 is 0 Å². The highest BCUT2D eigenvalue weighted by Gasteiger charge is 2.30. The average molecular weight is 280 g/mol. The molecule has 1 rings (SSSR count).